The minimum absolute atomic E-state index is 0.0924. The third-order valence-corrected chi connectivity index (χ3v) is 3.55. The number of nitrogens with zero attached hydrogens (tertiary/aromatic N) is 2. The van der Waals surface area contributed by atoms with Crippen LogP contribution in [0.1, 0.15) is 34.2 Å². The maximum Gasteiger partial charge on any atom is 0.356 e. The Morgan fingerprint density at radius 1 is 1.37 bits per heavy atom. The SMILES string of the molecule is O=C(O)c1cn2c(n1)CCC(c1ccc(F)cc1)C2. The number of aromatic carboxylic acids is 1. The van der Waals surface area contributed by atoms with Crippen molar-refractivity contribution in [1.29, 1.82) is 0 Å². The van der Waals surface area contributed by atoms with Gasteiger partial charge < -0.3 is 9.67 Å². The molecule has 1 unspecified atom stereocenters. The highest BCUT2D eigenvalue weighted by Crippen LogP contribution is 2.28. The summed E-state index contributed by atoms with van der Waals surface area (Å²) < 4.78 is 14.8. The molecule has 2 aromatic rings. The predicted molar refractivity (Wildman–Crippen MR) is 66.6 cm³/mol. The molecule has 98 valence electrons. The van der Waals surface area contributed by atoms with Crippen molar-refractivity contribution in [2.75, 3.05) is 0 Å². The highest BCUT2D eigenvalue weighted by atomic mass is 19.1. The van der Waals surface area contributed by atoms with Gasteiger partial charge in [0.15, 0.2) is 5.69 Å². The number of aromatic nitrogens is 2. The van der Waals surface area contributed by atoms with Crippen LogP contribution in [0.2, 0.25) is 0 Å². The highest BCUT2D eigenvalue weighted by molar-refractivity contribution is 5.85. The lowest BCUT2D eigenvalue weighted by Gasteiger charge is -2.24. The Kier molecular flexibility index (Phi) is 2.81. The van der Waals surface area contributed by atoms with E-state index in [9.17, 15) is 9.18 Å². The molecule has 1 atom stereocenters. The number of carbonyl (C=O) groups is 1. The third-order valence-electron chi connectivity index (χ3n) is 3.55. The Morgan fingerprint density at radius 3 is 2.79 bits per heavy atom. The van der Waals surface area contributed by atoms with E-state index in [-0.39, 0.29) is 17.4 Å². The second-order valence-corrected chi connectivity index (χ2v) is 4.79. The van der Waals surface area contributed by atoms with Crippen molar-refractivity contribution in [3.63, 3.8) is 0 Å². The molecule has 4 nitrogen and oxygen atoms in total. The number of carboxylic acids is 1. The summed E-state index contributed by atoms with van der Waals surface area (Å²) in [4.78, 5) is 15.0. The Balaban J connectivity index is 1.85. The molecule has 2 heterocycles. The zero-order chi connectivity index (χ0) is 13.4. The van der Waals surface area contributed by atoms with E-state index in [1.54, 1.807) is 18.3 Å². The molecule has 0 bridgehead atoms. The van der Waals surface area contributed by atoms with Crippen LogP contribution < -0.4 is 0 Å². The van der Waals surface area contributed by atoms with E-state index in [0.717, 1.165) is 24.2 Å². The first-order chi connectivity index (χ1) is 9.13. The number of carboxylic acid groups (broad SMARTS) is 1. The van der Waals surface area contributed by atoms with Crippen LogP contribution in [0.4, 0.5) is 4.39 Å². The Bertz CT molecular complexity index is 619. The first-order valence-electron chi connectivity index (χ1n) is 6.18. The number of hydrogen-bond acceptors (Lipinski definition) is 2. The molecule has 1 aromatic carbocycles. The first-order valence-corrected chi connectivity index (χ1v) is 6.18. The molecular formula is C14H13FN2O2. The first kappa shape index (κ1) is 11.9. The van der Waals surface area contributed by atoms with Crippen molar-refractivity contribution in [1.82, 2.24) is 9.55 Å². The lowest BCUT2D eigenvalue weighted by Crippen LogP contribution is -2.18. The molecule has 0 fully saturated rings. The standard InChI is InChI=1S/C14H13FN2O2/c15-11-4-1-9(2-5-11)10-3-6-13-16-12(14(18)19)8-17(13)7-10/h1-2,4-5,8,10H,3,6-7H2,(H,18,19). The van der Waals surface area contributed by atoms with Gasteiger partial charge in [-0.25, -0.2) is 14.2 Å². The van der Waals surface area contributed by atoms with E-state index in [1.165, 1.54) is 12.1 Å². The van der Waals surface area contributed by atoms with Crippen LogP contribution in [-0.4, -0.2) is 20.6 Å². The van der Waals surface area contributed by atoms with Crippen LogP contribution in [0.25, 0.3) is 0 Å². The molecule has 0 saturated carbocycles. The van der Waals surface area contributed by atoms with Gasteiger partial charge in [0.25, 0.3) is 0 Å². The summed E-state index contributed by atoms with van der Waals surface area (Å²) in [6.07, 6.45) is 3.23. The number of imidazole rings is 1. The molecule has 19 heavy (non-hydrogen) atoms. The maximum atomic E-state index is 12.9. The minimum Gasteiger partial charge on any atom is -0.476 e. The van der Waals surface area contributed by atoms with E-state index in [4.69, 9.17) is 5.11 Å². The van der Waals surface area contributed by atoms with Gasteiger partial charge in [0.05, 0.1) is 0 Å². The predicted octanol–water partition coefficient (Wildman–Crippen LogP) is 2.45. The van der Waals surface area contributed by atoms with Crippen LogP contribution in [0, 0.1) is 5.82 Å². The summed E-state index contributed by atoms with van der Waals surface area (Å²) in [6, 6.07) is 6.50. The van der Waals surface area contributed by atoms with Crippen LogP contribution in [0.3, 0.4) is 0 Å². The fourth-order valence-corrected chi connectivity index (χ4v) is 2.55. The van der Waals surface area contributed by atoms with E-state index in [1.807, 2.05) is 4.57 Å². The van der Waals surface area contributed by atoms with Gasteiger partial charge in [0, 0.05) is 25.1 Å². The summed E-state index contributed by atoms with van der Waals surface area (Å²) in [7, 11) is 0. The summed E-state index contributed by atoms with van der Waals surface area (Å²) >= 11 is 0. The number of halogens is 1. The van der Waals surface area contributed by atoms with Crippen LogP contribution in [0.5, 0.6) is 0 Å². The van der Waals surface area contributed by atoms with E-state index >= 15 is 0 Å². The summed E-state index contributed by atoms with van der Waals surface area (Å²) in [5, 5.41) is 8.93. The Hall–Kier alpha value is -2.17. The van der Waals surface area contributed by atoms with Gasteiger partial charge in [-0.1, -0.05) is 12.1 Å². The number of rotatable bonds is 2. The normalized spacial score (nSPS) is 18.1. The number of hydrogen-bond donors (Lipinski definition) is 1. The maximum absolute atomic E-state index is 12.9. The Labute approximate surface area is 109 Å². The fourth-order valence-electron chi connectivity index (χ4n) is 2.55. The molecule has 1 aliphatic rings. The lowest BCUT2D eigenvalue weighted by molar-refractivity contribution is 0.0691. The van der Waals surface area contributed by atoms with Gasteiger partial charge in [-0.15, -0.1) is 0 Å². The van der Waals surface area contributed by atoms with Crippen molar-refractivity contribution >= 4 is 5.97 Å². The van der Waals surface area contributed by atoms with Gasteiger partial charge in [0.2, 0.25) is 0 Å². The zero-order valence-electron chi connectivity index (χ0n) is 10.2. The quantitative estimate of drug-likeness (QED) is 0.902. The smallest absolute Gasteiger partial charge is 0.356 e. The molecular weight excluding hydrogens is 247 g/mol. The number of fused-ring (bicyclic) bond motifs is 1. The fraction of sp³-hybridized carbons (Fsp3) is 0.286. The largest absolute Gasteiger partial charge is 0.476 e. The van der Waals surface area contributed by atoms with Crippen molar-refractivity contribution in [3.05, 3.63) is 53.4 Å². The molecule has 0 spiro atoms. The van der Waals surface area contributed by atoms with Crippen LogP contribution in [0.15, 0.2) is 30.5 Å². The molecule has 0 amide bonds. The summed E-state index contributed by atoms with van der Waals surface area (Å²) in [5.74, 6) is -0.143. The van der Waals surface area contributed by atoms with Crippen molar-refractivity contribution in [2.45, 2.75) is 25.3 Å². The second-order valence-electron chi connectivity index (χ2n) is 4.79. The summed E-state index contributed by atoms with van der Waals surface area (Å²) in [6.45, 7) is 0.696. The van der Waals surface area contributed by atoms with Gasteiger partial charge in [-0.2, -0.15) is 0 Å². The highest BCUT2D eigenvalue weighted by Gasteiger charge is 2.23. The average molecular weight is 260 g/mol. The van der Waals surface area contributed by atoms with Crippen molar-refractivity contribution in [3.8, 4) is 0 Å². The summed E-state index contributed by atoms with van der Waals surface area (Å²) in [5.41, 5.74) is 1.17. The monoisotopic (exact) mass is 260 g/mol. The minimum atomic E-state index is -1.000. The van der Waals surface area contributed by atoms with Crippen LogP contribution >= 0.6 is 0 Å². The van der Waals surface area contributed by atoms with E-state index < -0.39 is 5.97 Å². The molecule has 1 N–H and O–H groups in total. The van der Waals surface area contributed by atoms with Crippen molar-refractivity contribution < 1.29 is 14.3 Å². The molecule has 3 rings (SSSR count). The Morgan fingerprint density at radius 2 is 2.11 bits per heavy atom. The molecule has 5 heteroatoms. The lowest BCUT2D eigenvalue weighted by atomic mass is 9.92. The average Bonchev–Trinajstić information content (AvgIpc) is 2.82. The van der Waals surface area contributed by atoms with Crippen molar-refractivity contribution in [2.24, 2.45) is 0 Å². The van der Waals surface area contributed by atoms with Gasteiger partial charge in [-0.05, 0) is 24.1 Å². The number of benzene rings is 1. The molecule has 0 saturated heterocycles. The van der Waals surface area contributed by atoms with E-state index in [0.29, 0.717) is 6.54 Å². The third kappa shape index (κ3) is 2.23. The molecule has 1 aromatic heterocycles. The van der Waals surface area contributed by atoms with Crippen LogP contribution in [-0.2, 0) is 13.0 Å². The van der Waals surface area contributed by atoms with Gasteiger partial charge in [-0.3, -0.25) is 0 Å². The second kappa shape index (κ2) is 4.50. The molecule has 1 aliphatic heterocycles. The van der Waals surface area contributed by atoms with Gasteiger partial charge in [0.1, 0.15) is 11.6 Å². The zero-order valence-corrected chi connectivity index (χ0v) is 10.2. The molecule has 0 aliphatic carbocycles. The molecule has 0 radical (unpaired) electrons. The number of aryl methyl sites for hydroxylation is 1. The van der Waals surface area contributed by atoms with Gasteiger partial charge >= 0.3 is 5.97 Å². The van der Waals surface area contributed by atoms with E-state index in [2.05, 4.69) is 4.98 Å². The topological polar surface area (TPSA) is 55.1 Å².